The second kappa shape index (κ2) is 8.22. The number of halogens is 1. The predicted molar refractivity (Wildman–Crippen MR) is 95.6 cm³/mol. The summed E-state index contributed by atoms with van der Waals surface area (Å²) >= 11 is 5.87. The van der Waals surface area contributed by atoms with Gasteiger partial charge in [-0.3, -0.25) is 4.72 Å². The molecule has 6 nitrogen and oxygen atoms in total. The van der Waals surface area contributed by atoms with E-state index in [0.717, 1.165) is 0 Å². The SMILES string of the molecule is CCOC(=O)COc1ccc(S(=O)(=O)Nc2ccc(Cl)cc2C)cc1. The topological polar surface area (TPSA) is 81.7 Å². The van der Waals surface area contributed by atoms with Gasteiger partial charge < -0.3 is 9.47 Å². The molecule has 0 aliphatic rings. The average Bonchev–Trinajstić information content (AvgIpc) is 2.56. The normalized spacial score (nSPS) is 11.0. The Kier molecular flexibility index (Phi) is 6.27. The lowest BCUT2D eigenvalue weighted by Gasteiger charge is -2.11. The zero-order valence-electron chi connectivity index (χ0n) is 13.8. The molecule has 0 fully saturated rings. The summed E-state index contributed by atoms with van der Waals surface area (Å²) in [5.74, 6) is -0.117. The van der Waals surface area contributed by atoms with Gasteiger partial charge >= 0.3 is 5.97 Å². The number of rotatable bonds is 7. The highest BCUT2D eigenvalue weighted by atomic mass is 35.5. The largest absolute Gasteiger partial charge is 0.482 e. The predicted octanol–water partition coefficient (Wildman–Crippen LogP) is 3.39. The van der Waals surface area contributed by atoms with Crippen LogP contribution in [-0.4, -0.2) is 27.6 Å². The number of esters is 1. The van der Waals surface area contributed by atoms with Crippen LogP contribution in [0.3, 0.4) is 0 Å². The van der Waals surface area contributed by atoms with Gasteiger partial charge in [0.05, 0.1) is 17.2 Å². The first-order chi connectivity index (χ1) is 11.8. The molecule has 1 N–H and O–H groups in total. The molecule has 0 saturated carbocycles. The quantitative estimate of drug-likeness (QED) is 0.741. The molecule has 0 amide bonds. The number of nitrogens with one attached hydrogen (secondary N) is 1. The highest BCUT2D eigenvalue weighted by Gasteiger charge is 2.15. The first kappa shape index (κ1) is 19.1. The maximum atomic E-state index is 12.4. The van der Waals surface area contributed by atoms with Crippen molar-refractivity contribution >= 4 is 33.3 Å². The van der Waals surface area contributed by atoms with Crippen LogP contribution in [0.4, 0.5) is 5.69 Å². The van der Waals surface area contributed by atoms with Crippen molar-refractivity contribution in [3.63, 3.8) is 0 Å². The van der Waals surface area contributed by atoms with Crippen molar-refractivity contribution in [3.05, 3.63) is 53.1 Å². The zero-order valence-corrected chi connectivity index (χ0v) is 15.4. The Hall–Kier alpha value is -2.25. The Morgan fingerprint density at radius 1 is 1.16 bits per heavy atom. The van der Waals surface area contributed by atoms with E-state index >= 15 is 0 Å². The summed E-state index contributed by atoms with van der Waals surface area (Å²) in [4.78, 5) is 11.3. The molecule has 0 heterocycles. The second-order valence-electron chi connectivity index (χ2n) is 5.13. The molecule has 134 valence electrons. The van der Waals surface area contributed by atoms with Crippen molar-refractivity contribution in [2.75, 3.05) is 17.9 Å². The Labute approximate surface area is 151 Å². The molecule has 25 heavy (non-hydrogen) atoms. The van der Waals surface area contributed by atoms with Crippen LogP contribution >= 0.6 is 11.6 Å². The summed E-state index contributed by atoms with van der Waals surface area (Å²) in [6.07, 6.45) is 0. The summed E-state index contributed by atoms with van der Waals surface area (Å²) in [7, 11) is -3.75. The molecule has 0 radical (unpaired) electrons. The summed E-state index contributed by atoms with van der Waals surface area (Å²) in [6.45, 7) is 3.50. The number of hydrogen-bond acceptors (Lipinski definition) is 5. The summed E-state index contributed by atoms with van der Waals surface area (Å²) in [5, 5.41) is 0.531. The Bertz CT molecular complexity index is 850. The average molecular weight is 384 g/mol. The Morgan fingerprint density at radius 2 is 1.84 bits per heavy atom. The molecule has 0 aliphatic carbocycles. The molecule has 0 unspecified atom stereocenters. The van der Waals surface area contributed by atoms with Crippen LogP contribution in [0, 0.1) is 6.92 Å². The first-order valence-electron chi connectivity index (χ1n) is 7.49. The third-order valence-electron chi connectivity index (χ3n) is 3.23. The van der Waals surface area contributed by atoms with Crippen molar-refractivity contribution in [2.45, 2.75) is 18.7 Å². The van der Waals surface area contributed by atoms with E-state index in [0.29, 0.717) is 22.0 Å². The van der Waals surface area contributed by atoms with E-state index in [1.807, 2.05) is 0 Å². The van der Waals surface area contributed by atoms with Gasteiger partial charge in [-0.1, -0.05) is 11.6 Å². The summed E-state index contributed by atoms with van der Waals surface area (Å²) < 4.78 is 37.4. The van der Waals surface area contributed by atoms with Crippen LogP contribution < -0.4 is 9.46 Å². The van der Waals surface area contributed by atoms with Crippen molar-refractivity contribution in [1.82, 2.24) is 0 Å². The van der Waals surface area contributed by atoms with Crippen LogP contribution in [-0.2, 0) is 19.6 Å². The number of benzene rings is 2. The highest BCUT2D eigenvalue weighted by Crippen LogP contribution is 2.23. The maximum Gasteiger partial charge on any atom is 0.344 e. The van der Waals surface area contributed by atoms with Gasteiger partial charge in [0, 0.05) is 5.02 Å². The van der Waals surface area contributed by atoms with Gasteiger partial charge in [-0.05, 0) is 61.9 Å². The molecule has 2 aromatic rings. The van der Waals surface area contributed by atoms with E-state index in [-0.39, 0.29) is 18.1 Å². The van der Waals surface area contributed by atoms with E-state index in [4.69, 9.17) is 21.1 Å². The van der Waals surface area contributed by atoms with Gasteiger partial charge in [-0.2, -0.15) is 0 Å². The molecule has 0 saturated heterocycles. The highest BCUT2D eigenvalue weighted by molar-refractivity contribution is 7.92. The van der Waals surface area contributed by atoms with E-state index < -0.39 is 16.0 Å². The summed E-state index contributed by atoms with van der Waals surface area (Å²) in [5.41, 5.74) is 1.16. The number of carbonyl (C=O) groups excluding carboxylic acids is 1. The van der Waals surface area contributed by atoms with Gasteiger partial charge in [0.25, 0.3) is 10.0 Å². The Balaban J connectivity index is 2.08. The molecule has 0 spiro atoms. The van der Waals surface area contributed by atoms with E-state index in [1.165, 1.54) is 24.3 Å². The zero-order chi connectivity index (χ0) is 18.4. The van der Waals surface area contributed by atoms with E-state index in [2.05, 4.69) is 4.72 Å². The monoisotopic (exact) mass is 383 g/mol. The van der Waals surface area contributed by atoms with Gasteiger partial charge in [0.2, 0.25) is 0 Å². The molecule has 2 aromatic carbocycles. The third kappa shape index (κ3) is 5.37. The molecule has 0 atom stereocenters. The van der Waals surface area contributed by atoms with Crippen LogP contribution in [0.15, 0.2) is 47.4 Å². The van der Waals surface area contributed by atoms with Crippen molar-refractivity contribution in [2.24, 2.45) is 0 Å². The maximum absolute atomic E-state index is 12.4. The van der Waals surface area contributed by atoms with Crippen LogP contribution in [0.5, 0.6) is 5.75 Å². The van der Waals surface area contributed by atoms with Crippen molar-refractivity contribution in [1.29, 1.82) is 0 Å². The fourth-order valence-electron chi connectivity index (χ4n) is 2.01. The molecule has 0 aliphatic heterocycles. The standard InChI is InChI=1S/C17H18ClNO5S/c1-3-23-17(20)11-24-14-5-7-15(8-6-14)25(21,22)19-16-9-4-13(18)10-12(16)2/h4-10,19H,3,11H2,1-2H3. The second-order valence-corrected chi connectivity index (χ2v) is 7.25. The van der Waals surface area contributed by atoms with E-state index in [9.17, 15) is 13.2 Å². The minimum Gasteiger partial charge on any atom is -0.482 e. The van der Waals surface area contributed by atoms with Crippen LogP contribution in [0.1, 0.15) is 12.5 Å². The number of aryl methyl sites for hydroxylation is 1. The summed E-state index contributed by atoms with van der Waals surface area (Å²) in [6, 6.07) is 10.6. The lowest BCUT2D eigenvalue weighted by Crippen LogP contribution is -2.15. The minimum absolute atomic E-state index is 0.0744. The van der Waals surface area contributed by atoms with Crippen molar-refractivity contribution in [3.8, 4) is 5.75 Å². The molecule has 0 aromatic heterocycles. The molecule has 8 heteroatoms. The minimum atomic E-state index is -3.75. The van der Waals surface area contributed by atoms with Crippen LogP contribution in [0.2, 0.25) is 5.02 Å². The number of sulfonamides is 1. The van der Waals surface area contributed by atoms with E-state index in [1.54, 1.807) is 32.0 Å². The molecule has 2 rings (SSSR count). The van der Waals surface area contributed by atoms with Crippen LogP contribution in [0.25, 0.3) is 0 Å². The first-order valence-corrected chi connectivity index (χ1v) is 9.35. The lowest BCUT2D eigenvalue weighted by molar-refractivity contribution is -0.145. The van der Waals surface area contributed by atoms with Crippen molar-refractivity contribution < 1.29 is 22.7 Å². The number of carbonyl (C=O) groups is 1. The number of ether oxygens (including phenoxy) is 2. The lowest BCUT2D eigenvalue weighted by atomic mass is 10.2. The molecular formula is C17H18ClNO5S. The van der Waals surface area contributed by atoms with Gasteiger partial charge in [0.15, 0.2) is 6.61 Å². The third-order valence-corrected chi connectivity index (χ3v) is 4.85. The fourth-order valence-corrected chi connectivity index (χ4v) is 3.36. The smallest absolute Gasteiger partial charge is 0.344 e. The number of hydrogen-bond donors (Lipinski definition) is 1. The Morgan fingerprint density at radius 3 is 2.44 bits per heavy atom. The number of anilines is 1. The van der Waals surface area contributed by atoms with Gasteiger partial charge in [-0.15, -0.1) is 0 Å². The molecular weight excluding hydrogens is 366 g/mol. The molecule has 0 bridgehead atoms. The fraction of sp³-hybridized carbons (Fsp3) is 0.235. The van der Waals surface area contributed by atoms with Gasteiger partial charge in [0.1, 0.15) is 5.75 Å². The van der Waals surface area contributed by atoms with Gasteiger partial charge in [-0.25, -0.2) is 13.2 Å².